The molecule has 1 saturated heterocycles. The van der Waals surface area contributed by atoms with Crippen LogP contribution in [0.25, 0.3) is 11.5 Å². The van der Waals surface area contributed by atoms with Crippen molar-refractivity contribution in [1.29, 1.82) is 0 Å². The summed E-state index contributed by atoms with van der Waals surface area (Å²) in [5.41, 5.74) is 0.788. The Hall–Kier alpha value is -2.44. The van der Waals surface area contributed by atoms with Crippen LogP contribution in [-0.4, -0.2) is 39.3 Å². The highest BCUT2D eigenvalue weighted by atomic mass is 16.5. The molecule has 1 N–H and O–H groups in total. The number of carboxylic acid groups (broad SMARTS) is 1. The second kappa shape index (κ2) is 6.13. The minimum Gasteiger partial charge on any atom is -0.481 e. The SMILES string of the molecule is CCc1noc(-c2ccc(N3CCC(C(=O)O)CC3)nc2)n1. The van der Waals surface area contributed by atoms with Gasteiger partial charge in [-0.05, 0) is 25.0 Å². The second-order valence-corrected chi connectivity index (χ2v) is 5.37. The Balaban J connectivity index is 1.68. The number of piperidine rings is 1. The maximum atomic E-state index is 11.0. The fourth-order valence-electron chi connectivity index (χ4n) is 2.57. The monoisotopic (exact) mass is 302 g/mol. The molecule has 0 aromatic carbocycles. The van der Waals surface area contributed by atoms with Gasteiger partial charge in [-0.25, -0.2) is 4.98 Å². The van der Waals surface area contributed by atoms with Crippen molar-refractivity contribution in [3.8, 4) is 11.5 Å². The average molecular weight is 302 g/mol. The summed E-state index contributed by atoms with van der Waals surface area (Å²) in [5, 5.41) is 12.9. The number of hydrogen-bond acceptors (Lipinski definition) is 6. The van der Waals surface area contributed by atoms with Crippen molar-refractivity contribution in [1.82, 2.24) is 15.1 Å². The highest BCUT2D eigenvalue weighted by molar-refractivity contribution is 5.70. The molecule has 1 aliphatic rings. The summed E-state index contributed by atoms with van der Waals surface area (Å²) in [6.07, 6.45) is 3.75. The Labute approximate surface area is 128 Å². The van der Waals surface area contributed by atoms with Gasteiger partial charge in [0, 0.05) is 25.7 Å². The minimum atomic E-state index is -0.703. The molecule has 3 rings (SSSR count). The summed E-state index contributed by atoms with van der Waals surface area (Å²) in [5.74, 6) is 1.06. The molecule has 0 aliphatic carbocycles. The standard InChI is InChI=1S/C15H18N4O3/c1-2-12-17-14(22-18-12)11-3-4-13(16-9-11)19-7-5-10(6-8-19)15(20)21/h3-4,9-10H,2,5-8H2,1H3,(H,20,21). The molecule has 116 valence electrons. The van der Waals surface area contributed by atoms with Crippen LogP contribution >= 0.6 is 0 Å². The summed E-state index contributed by atoms with van der Waals surface area (Å²) >= 11 is 0. The number of pyridine rings is 1. The Bertz CT molecular complexity index is 645. The second-order valence-electron chi connectivity index (χ2n) is 5.37. The quantitative estimate of drug-likeness (QED) is 0.923. The zero-order valence-electron chi connectivity index (χ0n) is 12.4. The van der Waals surface area contributed by atoms with Crippen LogP contribution in [0.15, 0.2) is 22.9 Å². The van der Waals surface area contributed by atoms with Crippen molar-refractivity contribution in [3.63, 3.8) is 0 Å². The van der Waals surface area contributed by atoms with E-state index in [9.17, 15) is 4.79 Å². The van der Waals surface area contributed by atoms with E-state index >= 15 is 0 Å². The van der Waals surface area contributed by atoms with E-state index in [0.717, 1.165) is 17.8 Å². The van der Waals surface area contributed by atoms with Crippen molar-refractivity contribution in [2.75, 3.05) is 18.0 Å². The molecule has 3 heterocycles. The number of carbonyl (C=O) groups is 1. The van der Waals surface area contributed by atoms with Gasteiger partial charge in [0.15, 0.2) is 5.82 Å². The highest BCUT2D eigenvalue weighted by Gasteiger charge is 2.25. The molecule has 7 heteroatoms. The molecule has 0 saturated carbocycles. The molecule has 0 atom stereocenters. The third-order valence-electron chi connectivity index (χ3n) is 3.95. The van der Waals surface area contributed by atoms with Gasteiger partial charge in [-0.3, -0.25) is 4.79 Å². The fraction of sp³-hybridized carbons (Fsp3) is 0.467. The molecule has 0 bridgehead atoms. The largest absolute Gasteiger partial charge is 0.481 e. The Morgan fingerprint density at radius 3 is 2.73 bits per heavy atom. The van der Waals surface area contributed by atoms with Crippen molar-refractivity contribution < 1.29 is 14.4 Å². The predicted molar refractivity (Wildman–Crippen MR) is 79.5 cm³/mol. The maximum absolute atomic E-state index is 11.0. The topological polar surface area (TPSA) is 92.4 Å². The maximum Gasteiger partial charge on any atom is 0.306 e. The van der Waals surface area contributed by atoms with Gasteiger partial charge in [0.2, 0.25) is 0 Å². The van der Waals surface area contributed by atoms with Gasteiger partial charge in [-0.1, -0.05) is 12.1 Å². The molecule has 0 unspecified atom stereocenters. The lowest BCUT2D eigenvalue weighted by atomic mass is 9.97. The van der Waals surface area contributed by atoms with Gasteiger partial charge in [-0.2, -0.15) is 4.98 Å². The van der Waals surface area contributed by atoms with Crippen LogP contribution in [0.3, 0.4) is 0 Å². The number of carboxylic acids is 1. The molecule has 0 amide bonds. The van der Waals surface area contributed by atoms with E-state index < -0.39 is 5.97 Å². The van der Waals surface area contributed by atoms with E-state index in [1.807, 2.05) is 19.1 Å². The summed E-state index contributed by atoms with van der Waals surface area (Å²) in [6.45, 7) is 3.39. The third kappa shape index (κ3) is 2.93. The molecule has 1 fully saturated rings. The lowest BCUT2D eigenvalue weighted by Gasteiger charge is -2.30. The number of anilines is 1. The van der Waals surface area contributed by atoms with E-state index in [1.165, 1.54) is 0 Å². The van der Waals surface area contributed by atoms with Gasteiger partial charge in [0.05, 0.1) is 11.5 Å². The molecule has 2 aromatic rings. The predicted octanol–water partition coefficient (Wildman–Crippen LogP) is 2.00. The van der Waals surface area contributed by atoms with Crippen molar-refractivity contribution in [2.24, 2.45) is 5.92 Å². The van der Waals surface area contributed by atoms with Crippen LogP contribution in [-0.2, 0) is 11.2 Å². The van der Waals surface area contributed by atoms with Crippen LogP contribution in [0.1, 0.15) is 25.6 Å². The number of rotatable bonds is 4. The molecule has 0 spiro atoms. The first-order valence-corrected chi connectivity index (χ1v) is 7.44. The van der Waals surface area contributed by atoms with Crippen LogP contribution in [0.4, 0.5) is 5.82 Å². The van der Waals surface area contributed by atoms with E-state index in [0.29, 0.717) is 37.6 Å². The fourth-order valence-corrected chi connectivity index (χ4v) is 2.57. The Kier molecular flexibility index (Phi) is 4.04. The van der Waals surface area contributed by atoms with Gasteiger partial charge < -0.3 is 14.5 Å². The molecule has 0 radical (unpaired) electrons. The molecular formula is C15H18N4O3. The zero-order chi connectivity index (χ0) is 15.5. The Morgan fingerprint density at radius 1 is 1.41 bits per heavy atom. The number of aryl methyl sites for hydroxylation is 1. The van der Waals surface area contributed by atoms with Crippen molar-refractivity contribution in [2.45, 2.75) is 26.2 Å². The van der Waals surface area contributed by atoms with Gasteiger partial charge in [0.1, 0.15) is 5.82 Å². The van der Waals surface area contributed by atoms with Gasteiger partial charge in [0.25, 0.3) is 5.89 Å². The smallest absolute Gasteiger partial charge is 0.306 e. The van der Waals surface area contributed by atoms with E-state index in [-0.39, 0.29) is 5.92 Å². The molecule has 1 aliphatic heterocycles. The van der Waals surface area contributed by atoms with E-state index in [1.54, 1.807) is 6.20 Å². The number of nitrogens with zero attached hydrogens (tertiary/aromatic N) is 4. The molecule has 22 heavy (non-hydrogen) atoms. The van der Waals surface area contributed by atoms with Crippen LogP contribution in [0.2, 0.25) is 0 Å². The van der Waals surface area contributed by atoms with E-state index in [4.69, 9.17) is 9.63 Å². The van der Waals surface area contributed by atoms with Crippen molar-refractivity contribution >= 4 is 11.8 Å². The summed E-state index contributed by atoms with van der Waals surface area (Å²) in [6, 6.07) is 3.81. The molecular weight excluding hydrogens is 284 g/mol. The first-order valence-electron chi connectivity index (χ1n) is 7.44. The van der Waals surface area contributed by atoms with E-state index in [2.05, 4.69) is 20.0 Å². The van der Waals surface area contributed by atoms with Crippen LogP contribution in [0.5, 0.6) is 0 Å². The normalized spacial score (nSPS) is 16.0. The summed E-state index contributed by atoms with van der Waals surface area (Å²) < 4.78 is 5.19. The van der Waals surface area contributed by atoms with Crippen LogP contribution < -0.4 is 4.90 Å². The molecule has 7 nitrogen and oxygen atoms in total. The highest BCUT2D eigenvalue weighted by Crippen LogP contribution is 2.24. The first-order chi connectivity index (χ1) is 10.7. The van der Waals surface area contributed by atoms with Gasteiger partial charge in [-0.15, -0.1) is 0 Å². The summed E-state index contributed by atoms with van der Waals surface area (Å²) in [4.78, 5) is 21.8. The average Bonchev–Trinajstić information content (AvgIpc) is 3.04. The number of aliphatic carboxylic acids is 1. The lowest BCUT2D eigenvalue weighted by Crippen LogP contribution is -2.36. The number of aromatic nitrogens is 3. The first kappa shape index (κ1) is 14.5. The number of hydrogen-bond donors (Lipinski definition) is 1. The van der Waals surface area contributed by atoms with Crippen LogP contribution in [0, 0.1) is 5.92 Å². The zero-order valence-corrected chi connectivity index (χ0v) is 12.4. The molecule has 2 aromatic heterocycles. The van der Waals surface area contributed by atoms with Crippen molar-refractivity contribution in [3.05, 3.63) is 24.2 Å². The Morgan fingerprint density at radius 2 is 2.18 bits per heavy atom. The van der Waals surface area contributed by atoms with Gasteiger partial charge >= 0.3 is 5.97 Å². The summed E-state index contributed by atoms with van der Waals surface area (Å²) in [7, 11) is 0. The lowest BCUT2D eigenvalue weighted by molar-refractivity contribution is -0.142. The minimum absolute atomic E-state index is 0.235. The third-order valence-corrected chi connectivity index (χ3v) is 3.95.